The highest BCUT2D eigenvalue weighted by atomic mass is 31.2. The van der Waals surface area contributed by atoms with Crippen LogP contribution in [0.5, 0.6) is 0 Å². The molecule has 1 heterocycles. The summed E-state index contributed by atoms with van der Waals surface area (Å²) in [6.45, 7) is 4.87. The first kappa shape index (κ1) is 78.2. The van der Waals surface area contributed by atoms with Crippen LogP contribution in [0, 0.1) is 11.8 Å². The van der Waals surface area contributed by atoms with Gasteiger partial charge in [-0.1, -0.05) is 34.1 Å². The van der Waals surface area contributed by atoms with Crippen LogP contribution in [0.3, 0.4) is 0 Å². The zero-order valence-corrected chi connectivity index (χ0v) is 50.2. The highest BCUT2D eigenvalue weighted by Crippen LogP contribution is 2.45. The number of hydrogen-bond donors (Lipinski definition) is 20. The van der Waals surface area contributed by atoms with E-state index in [9.17, 15) is 112 Å². The molecule has 498 valence electrons. The van der Waals surface area contributed by atoms with Crippen molar-refractivity contribution in [3.05, 3.63) is 0 Å². The average Bonchev–Trinajstić information content (AvgIpc) is 2.61. The zero-order valence-electron chi connectivity index (χ0n) is 49.3. The summed E-state index contributed by atoms with van der Waals surface area (Å²) in [5.74, 6) is -19.4. The normalized spacial score (nSPS) is 16.5. The van der Waals surface area contributed by atoms with Gasteiger partial charge in [-0.15, -0.1) is 0 Å². The molecule has 11 atom stereocenters. The van der Waals surface area contributed by atoms with Gasteiger partial charge in [0, 0.05) is 25.8 Å². The summed E-state index contributed by atoms with van der Waals surface area (Å²) in [6, 6.07) is -16.8. The van der Waals surface area contributed by atoms with Crippen LogP contribution in [-0.4, -0.2) is 227 Å². The number of rotatable bonds is 42. The molecule has 1 aliphatic rings. The van der Waals surface area contributed by atoms with Crippen molar-refractivity contribution < 1.29 is 117 Å². The van der Waals surface area contributed by atoms with Crippen molar-refractivity contribution in [3.8, 4) is 0 Å². The van der Waals surface area contributed by atoms with Crippen LogP contribution < -0.4 is 65.1 Å². The third-order valence-corrected chi connectivity index (χ3v) is 13.6. The number of carboxylic acids is 4. The van der Waals surface area contributed by atoms with Crippen LogP contribution in [-0.2, 0) is 76.4 Å². The molecule has 38 heteroatoms. The molecule has 88 heavy (non-hydrogen) atoms. The predicted octanol–water partition coefficient (Wildman–Crippen LogP) is -7.26. The first-order valence-corrected chi connectivity index (χ1v) is 29.5. The number of unbranched alkanes of at least 4 members (excludes halogenated alkanes) is 1. The number of nitrogens with two attached hydrogens (primary N) is 3. The van der Waals surface area contributed by atoms with E-state index in [4.69, 9.17) is 17.2 Å². The van der Waals surface area contributed by atoms with E-state index in [0.717, 1.165) is 11.8 Å². The van der Waals surface area contributed by atoms with Crippen LogP contribution in [0.25, 0.3) is 0 Å². The second-order valence-electron chi connectivity index (χ2n) is 21.4. The second-order valence-corrected chi connectivity index (χ2v) is 22.7. The number of aliphatic hydroxyl groups is 1. The van der Waals surface area contributed by atoms with E-state index in [1.54, 1.807) is 13.8 Å². The van der Waals surface area contributed by atoms with Gasteiger partial charge in [-0.25, -0.2) is 4.79 Å². The summed E-state index contributed by atoms with van der Waals surface area (Å²) in [6.07, 6.45) is -5.28. The number of likely N-dealkylation sites (tertiary alicyclic amines) is 1. The van der Waals surface area contributed by atoms with Gasteiger partial charge < -0.3 is 95.5 Å². The Balaban J connectivity index is 3.38. The van der Waals surface area contributed by atoms with Crippen LogP contribution >= 0.6 is 8.17 Å². The van der Waals surface area contributed by atoms with Crippen LogP contribution in [0.4, 0.5) is 0 Å². The monoisotopic (exact) mass is 1280 g/mol. The fraction of sp³-hybridized carbons (Fsp3) is 0.700. The van der Waals surface area contributed by atoms with Gasteiger partial charge in [-0.05, 0) is 76.7 Å². The topological polar surface area (TPSA) is 617 Å². The van der Waals surface area contributed by atoms with Crippen LogP contribution in [0.2, 0.25) is 0 Å². The van der Waals surface area contributed by atoms with E-state index in [1.165, 1.54) is 13.8 Å². The molecule has 0 aliphatic carbocycles. The van der Waals surface area contributed by atoms with Crippen molar-refractivity contribution in [1.82, 2.24) is 52.8 Å². The Kier molecular flexibility index (Phi) is 34.2. The van der Waals surface area contributed by atoms with Gasteiger partial charge in [0.1, 0.15) is 61.0 Å². The standard InChI is InChI=1S/C50H84N13O24P/c1-23(2)19-30(44(76)57-29(50(82)83)11-14-34(53)65)58-42(74)27(12-15-36(67)68)55-35(66)21-54-47(79)40(25(5)64)62-45(77)32(22-87-88(84,85)86)60-46(78)33-10-8-18-63(33)49(81)31(20-38(71)72)59-48(80)39(24(3)4)61-43(75)28(13-16-37(69)70)56-41(73)26(52)9-6-7-17-51/h23-33,39-40,64,84-86H,6-22,51-52H2,1-5H3,(H14-,53,54,55,56,57,58,59,60,61,62,65,66,67,68,69,70,71,72,73,74,75,76,77,78,79,80,82,83)/p+1/t25-,26+,27+,28+,29+,30+,31+,32+,33+,39+,40+/m1/s1. The second kappa shape index (κ2) is 38.5. The third-order valence-electron chi connectivity index (χ3n) is 13.1. The molecule has 0 aromatic heterocycles. The lowest BCUT2D eigenvalue weighted by Gasteiger charge is -2.31. The largest absolute Gasteiger partial charge is 0.567 e. The van der Waals surface area contributed by atoms with E-state index in [0.29, 0.717) is 19.4 Å². The minimum absolute atomic E-state index is 0.0444. The Morgan fingerprint density at radius 3 is 1.60 bits per heavy atom. The van der Waals surface area contributed by atoms with E-state index < -0.39 is 228 Å². The third kappa shape index (κ3) is 29.7. The molecular weight excluding hydrogens is 1200 g/mol. The molecule has 0 unspecified atom stereocenters. The number of carboxylic acid groups (broad SMARTS) is 4. The Morgan fingerprint density at radius 2 is 1.09 bits per heavy atom. The van der Waals surface area contributed by atoms with Crippen LogP contribution in [0.1, 0.15) is 118 Å². The van der Waals surface area contributed by atoms with Gasteiger partial charge in [-0.3, -0.25) is 67.1 Å². The number of aliphatic carboxylic acids is 4. The van der Waals surface area contributed by atoms with Crippen LogP contribution in [0.15, 0.2) is 0 Å². The van der Waals surface area contributed by atoms with Gasteiger partial charge in [0.2, 0.25) is 65.0 Å². The lowest BCUT2D eigenvalue weighted by molar-refractivity contribution is -0.146. The van der Waals surface area contributed by atoms with Crippen molar-refractivity contribution in [2.24, 2.45) is 29.0 Å². The lowest BCUT2D eigenvalue weighted by atomic mass is 10.0. The van der Waals surface area contributed by atoms with E-state index >= 15 is 0 Å². The molecule has 1 fully saturated rings. The Morgan fingerprint density at radius 1 is 0.580 bits per heavy atom. The summed E-state index contributed by atoms with van der Waals surface area (Å²) < 4.78 is 4.58. The van der Waals surface area contributed by atoms with Crippen molar-refractivity contribution in [1.29, 1.82) is 0 Å². The minimum atomic E-state index is -5.22. The number of carbonyl (C=O) groups excluding carboxylic acids is 11. The Labute approximate surface area is 505 Å². The number of carbonyl (C=O) groups is 15. The molecule has 1 aliphatic heterocycles. The first-order chi connectivity index (χ1) is 40.9. The minimum Gasteiger partial charge on any atom is -0.481 e. The van der Waals surface area contributed by atoms with Gasteiger partial charge in [0.25, 0.3) is 0 Å². The Bertz CT molecular complexity index is 2480. The highest BCUT2D eigenvalue weighted by Gasteiger charge is 2.43. The van der Waals surface area contributed by atoms with Crippen molar-refractivity contribution in [2.75, 3.05) is 26.2 Å². The molecule has 0 aromatic carbocycles. The molecule has 0 aromatic rings. The van der Waals surface area contributed by atoms with E-state index in [1.807, 2.05) is 5.32 Å². The molecule has 0 saturated carbocycles. The molecule has 23 N–H and O–H groups in total. The molecule has 1 saturated heterocycles. The molecule has 37 nitrogen and oxygen atoms in total. The van der Waals surface area contributed by atoms with Gasteiger partial charge in [0.15, 0.2) is 0 Å². The summed E-state index contributed by atoms with van der Waals surface area (Å²) in [7, 11) is -5.22. The molecule has 0 bridgehead atoms. The number of primary amides is 1. The number of nitrogens with one attached hydrogen (secondary N) is 9. The smallest absolute Gasteiger partial charge is 0.481 e. The van der Waals surface area contributed by atoms with Gasteiger partial charge in [0.05, 0.1) is 25.1 Å². The number of amides is 11. The highest BCUT2D eigenvalue weighted by molar-refractivity contribution is 7.53. The maximum absolute atomic E-state index is 14.2. The molecule has 0 radical (unpaired) electrons. The SMILES string of the molecule is CC(C)C[C@H](NC(=O)[C@H](CCC(=O)O)NC(=O)CNC(=O)[C@@H](NC(=O)[C@H](CO[P+](O)(O)O)NC(=O)[C@@H]1CCCN1C(=O)[C@H](CC(=O)O)NC(=O)[C@@H](NC(=O)[C@H](CCC(=O)O)NC(=O)[C@@H](N)CCCCN)C(C)C)[C@@H](C)O)C(=O)N[C@@H](CCC(N)=O)C(=O)O. The summed E-state index contributed by atoms with van der Waals surface area (Å²) in [5.41, 5.74) is 16.5. The summed E-state index contributed by atoms with van der Waals surface area (Å²) >= 11 is 0. The lowest BCUT2D eigenvalue weighted by Crippen LogP contribution is -2.61. The summed E-state index contributed by atoms with van der Waals surface area (Å²) in [5, 5.41) is 68.7. The Hall–Kier alpha value is -7.80. The zero-order chi connectivity index (χ0) is 67.3. The quantitative estimate of drug-likeness (QED) is 0.0199. The van der Waals surface area contributed by atoms with Gasteiger partial charge in [-0.2, -0.15) is 19.2 Å². The fourth-order valence-corrected chi connectivity index (χ4v) is 8.87. The number of aliphatic hydroxyl groups excluding tert-OH is 1. The molecule has 0 spiro atoms. The van der Waals surface area contributed by atoms with E-state index in [2.05, 4.69) is 47.1 Å². The average molecular weight is 1280 g/mol. The molecule has 1 rings (SSSR count). The maximum Gasteiger partial charge on any atom is 0.567 e. The van der Waals surface area contributed by atoms with Crippen molar-refractivity contribution >= 4 is 97.0 Å². The first-order valence-electron chi connectivity index (χ1n) is 27.9. The van der Waals surface area contributed by atoms with Crippen molar-refractivity contribution in [3.63, 3.8) is 0 Å². The number of nitrogens with zero attached hydrogens (tertiary/aromatic N) is 1. The fourth-order valence-electron chi connectivity index (χ4n) is 8.52. The number of hydrogen-bond acceptors (Lipinski definition) is 22. The van der Waals surface area contributed by atoms with Gasteiger partial charge >= 0.3 is 32.0 Å². The predicted molar refractivity (Wildman–Crippen MR) is 302 cm³/mol. The molecule has 11 amide bonds. The summed E-state index contributed by atoms with van der Waals surface area (Å²) in [4.78, 5) is 224. The molecular formula is C50H85N13O24P+. The van der Waals surface area contributed by atoms with E-state index in [-0.39, 0.29) is 38.1 Å². The van der Waals surface area contributed by atoms with Crippen molar-refractivity contribution in [2.45, 2.75) is 185 Å². The maximum atomic E-state index is 14.2.